The van der Waals surface area contributed by atoms with Crippen molar-refractivity contribution >= 4 is 5.91 Å². The summed E-state index contributed by atoms with van der Waals surface area (Å²) in [5.74, 6) is 2.34. The van der Waals surface area contributed by atoms with Gasteiger partial charge in [0.15, 0.2) is 11.5 Å². The van der Waals surface area contributed by atoms with E-state index in [4.69, 9.17) is 14.2 Å². The molecule has 2 heterocycles. The van der Waals surface area contributed by atoms with Crippen LogP contribution in [-0.2, 0) is 11.2 Å². The van der Waals surface area contributed by atoms with Crippen LogP contribution in [0.2, 0.25) is 0 Å². The van der Waals surface area contributed by atoms with Gasteiger partial charge in [0, 0.05) is 25.2 Å². The van der Waals surface area contributed by atoms with Gasteiger partial charge < -0.3 is 24.4 Å². The van der Waals surface area contributed by atoms with Crippen LogP contribution in [0, 0.1) is 0 Å². The lowest BCUT2D eigenvalue weighted by Gasteiger charge is -2.37. The zero-order valence-corrected chi connectivity index (χ0v) is 14.7. The molecule has 1 N–H and O–H groups in total. The lowest BCUT2D eigenvalue weighted by Crippen LogP contribution is -2.49. The summed E-state index contributed by atoms with van der Waals surface area (Å²) >= 11 is 0. The summed E-state index contributed by atoms with van der Waals surface area (Å²) in [6.45, 7) is 2.41. The van der Waals surface area contributed by atoms with Crippen LogP contribution in [-0.4, -0.2) is 44.3 Å². The quantitative estimate of drug-likeness (QED) is 0.912. The fraction of sp³-hybridized carbons (Fsp3) is 0.350. The first-order valence-corrected chi connectivity index (χ1v) is 8.78. The van der Waals surface area contributed by atoms with Crippen LogP contribution in [0.5, 0.6) is 17.2 Å². The Labute approximate surface area is 152 Å². The second-order valence-electron chi connectivity index (χ2n) is 6.41. The van der Waals surface area contributed by atoms with Crippen LogP contribution in [0.3, 0.4) is 0 Å². The molecule has 2 aliphatic rings. The lowest BCUT2D eigenvalue weighted by atomic mass is 10.0. The van der Waals surface area contributed by atoms with Gasteiger partial charge >= 0.3 is 0 Å². The molecule has 1 atom stereocenters. The van der Waals surface area contributed by atoms with Gasteiger partial charge in [0.05, 0.1) is 19.6 Å². The molecular formula is C20H22N2O4. The Morgan fingerprint density at radius 2 is 2.08 bits per heavy atom. The molecule has 1 unspecified atom stereocenters. The van der Waals surface area contributed by atoms with Gasteiger partial charge in [-0.15, -0.1) is 0 Å². The number of hydrogen-bond donors (Lipinski definition) is 1. The molecule has 0 radical (unpaired) electrons. The fourth-order valence-electron chi connectivity index (χ4n) is 3.55. The summed E-state index contributed by atoms with van der Waals surface area (Å²) in [7, 11) is 1.66. The van der Waals surface area contributed by atoms with Crippen molar-refractivity contribution in [3.63, 3.8) is 0 Å². The van der Waals surface area contributed by atoms with Crippen molar-refractivity contribution in [1.29, 1.82) is 0 Å². The molecule has 136 valence electrons. The summed E-state index contributed by atoms with van der Waals surface area (Å²) in [6.07, 6.45) is 0.336. The van der Waals surface area contributed by atoms with E-state index in [0.717, 1.165) is 29.2 Å². The zero-order chi connectivity index (χ0) is 17.9. The van der Waals surface area contributed by atoms with E-state index in [9.17, 15) is 4.79 Å². The number of methoxy groups -OCH3 is 1. The molecule has 26 heavy (non-hydrogen) atoms. The van der Waals surface area contributed by atoms with Gasteiger partial charge in [-0.1, -0.05) is 24.3 Å². The predicted molar refractivity (Wildman–Crippen MR) is 96.6 cm³/mol. The smallest absolute Gasteiger partial charge is 0.231 e. The minimum Gasteiger partial charge on any atom is -0.496 e. The molecule has 2 aromatic rings. The highest BCUT2D eigenvalue weighted by Gasteiger charge is 2.30. The molecule has 1 fully saturated rings. The summed E-state index contributed by atoms with van der Waals surface area (Å²) in [6, 6.07) is 13.5. The Hall–Kier alpha value is -2.73. The third-order valence-corrected chi connectivity index (χ3v) is 4.85. The summed E-state index contributed by atoms with van der Waals surface area (Å²) in [4.78, 5) is 15.0. The first-order valence-electron chi connectivity index (χ1n) is 8.78. The SMILES string of the molecule is COc1ccccc1C1CNCCN1C(=O)Cc1ccc2c(c1)OCO2. The Balaban J connectivity index is 1.55. The van der Waals surface area contributed by atoms with Crippen molar-refractivity contribution in [2.24, 2.45) is 0 Å². The first-order chi connectivity index (χ1) is 12.8. The standard InChI is InChI=1S/C20H22N2O4/c1-24-17-5-3-2-4-15(17)16-12-21-8-9-22(16)20(23)11-14-6-7-18-19(10-14)26-13-25-18/h2-7,10,16,21H,8-9,11-13H2,1H3. The molecule has 6 heteroatoms. The Morgan fingerprint density at radius 1 is 1.23 bits per heavy atom. The summed E-state index contributed by atoms with van der Waals surface area (Å²) in [5, 5.41) is 3.38. The van der Waals surface area contributed by atoms with E-state index in [1.54, 1.807) is 7.11 Å². The highest BCUT2D eigenvalue weighted by Crippen LogP contribution is 2.34. The molecular weight excluding hydrogens is 332 g/mol. The van der Waals surface area contributed by atoms with Crippen molar-refractivity contribution in [3.8, 4) is 17.2 Å². The van der Waals surface area contributed by atoms with Crippen LogP contribution in [0.4, 0.5) is 0 Å². The summed E-state index contributed by atoms with van der Waals surface area (Å²) in [5.41, 5.74) is 1.96. The van der Waals surface area contributed by atoms with Gasteiger partial charge in [0.2, 0.25) is 12.7 Å². The minimum atomic E-state index is -0.0404. The topological polar surface area (TPSA) is 60.0 Å². The molecule has 1 saturated heterocycles. The summed E-state index contributed by atoms with van der Waals surface area (Å²) < 4.78 is 16.2. The molecule has 0 bridgehead atoms. The van der Waals surface area contributed by atoms with Gasteiger partial charge in [0.1, 0.15) is 5.75 Å². The number of para-hydroxylation sites is 1. The number of amides is 1. The predicted octanol–water partition coefficient (Wildman–Crippen LogP) is 2.14. The minimum absolute atomic E-state index is 0.0404. The molecule has 2 aromatic carbocycles. The molecule has 0 aliphatic carbocycles. The molecule has 0 aromatic heterocycles. The van der Waals surface area contributed by atoms with Gasteiger partial charge in [-0.2, -0.15) is 0 Å². The number of benzene rings is 2. The van der Waals surface area contributed by atoms with Gasteiger partial charge in [0.25, 0.3) is 0 Å². The number of nitrogens with zero attached hydrogens (tertiary/aromatic N) is 1. The third kappa shape index (κ3) is 3.20. The molecule has 6 nitrogen and oxygen atoms in total. The second-order valence-corrected chi connectivity index (χ2v) is 6.41. The van der Waals surface area contributed by atoms with E-state index in [-0.39, 0.29) is 18.7 Å². The molecule has 0 saturated carbocycles. The van der Waals surface area contributed by atoms with Crippen LogP contribution < -0.4 is 19.5 Å². The van der Waals surface area contributed by atoms with Crippen molar-refractivity contribution in [2.45, 2.75) is 12.5 Å². The second kappa shape index (κ2) is 7.25. The number of piperazine rings is 1. The van der Waals surface area contributed by atoms with E-state index >= 15 is 0 Å². The van der Waals surface area contributed by atoms with Crippen molar-refractivity contribution in [1.82, 2.24) is 10.2 Å². The van der Waals surface area contributed by atoms with Crippen LogP contribution in [0.1, 0.15) is 17.2 Å². The number of hydrogen-bond acceptors (Lipinski definition) is 5. The number of rotatable bonds is 4. The first kappa shape index (κ1) is 16.7. The van der Waals surface area contributed by atoms with E-state index in [0.29, 0.717) is 25.3 Å². The number of carbonyl (C=O) groups excluding carboxylic acids is 1. The fourth-order valence-corrected chi connectivity index (χ4v) is 3.55. The average Bonchev–Trinajstić information content (AvgIpc) is 3.15. The zero-order valence-electron chi connectivity index (χ0n) is 14.7. The Kier molecular flexibility index (Phi) is 4.67. The highest BCUT2D eigenvalue weighted by molar-refractivity contribution is 5.80. The normalized spacial score (nSPS) is 18.7. The van der Waals surface area contributed by atoms with Gasteiger partial charge in [-0.3, -0.25) is 4.79 Å². The Bertz CT molecular complexity index is 808. The van der Waals surface area contributed by atoms with Crippen LogP contribution >= 0.6 is 0 Å². The monoisotopic (exact) mass is 354 g/mol. The van der Waals surface area contributed by atoms with Crippen molar-refractivity contribution < 1.29 is 19.0 Å². The highest BCUT2D eigenvalue weighted by atomic mass is 16.7. The van der Waals surface area contributed by atoms with Crippen LogP contribution in [0.15, 0.2) is 42.5 Å². The number of ether oxygens (including phenoxy) is 3. The van der Waals surface area contributed by atoms with E-state index in [1.165, 1.54) is 0 Å². The molecule has 2 aliphatic heterocycles. The maximum atomic E-state index is 13.0. The number of fused-ring (bicyclic) bond motifs is 1. The van der Waals surface area contributed by atoms with Gasteiger partial charge in [-0.05, 0) is 23.8 Å². The molecule has 0 spiro atoms. The largest absolute Gasteiger partial charge is 0.496 e. The van der Waals surface area contributed by atoms with Gasteiger partial charge in [-0.25, -0.2) is 0 Å². The van der Waals surface area contributed by atoms with E-state index in [1.807, 2.05) is 47.4 Å². The maximum Gasteiger partial charge on any atom is 0.231 e. The van der Waals surface area contributed by atoms with E-state index < -0.39 is 0 Å². The van der Waals surface area contributed by atoms with Crippen LogP contribution in [0.25, 0.3) is 0 Å². The molecule has 4 rings (SSSR count). The van der Waals surface area contributed by atoms with Crippen molar-refractivity contribution in [3.05, 3.63) is 53.6 Å². The Morgan fingerprint density at radius 3 is 2.96 bits per heavy atom. The number of carbonyl (C=O) groups is 1. The maximum absolute atomic E-state index is 13.0. The van der Waals surface area contributed by atoms with Crippen molar-refractivity contribution in [2.75, 3.05) is 33.5 Å². The average molecular weight is 354 g/mol. The number of nitrogens with one attached hydrogen (secondary N) is 1. The lowest BCUT2D eigenvalue weighted by molar-refractivity contribution is -0.133. The van der Waals surface area contributed by atoms with E-state index in [2.05, 4.69) is 5.32 Å². The molecule has 1 amide bonds. The third-order valence-electron chi connectivity index (χ3n) is 4.85.